The number of unbranched alkanes of at least 4 members (excludes halogenated alkanes) is 1. The maximum absolute atomic E-state index is 11.7. The molecule has 0 aromatic rings. The van der Waals surface area contributed by atoms with Crippen LogP contribution in [0.2, 0.25) is 0 Å². The number of carbonyl (C=O) groups excluding carboxylic acids is 1. The van der Waals surface area contributed by atoms with Crippen molar-refractivity contribution in [3.8, 4) is 0 Å². The van der Waals surface area contributed by atoms with E-state index in [1.165, 1.54) is 0 Å². The number of rotatable bonds is 12. The molecule has 0 bridgehead atoms. The van der Waals surface area contributed by atoms with E-state index in [0.717, 1.165) is 12.8 Å². The van der Waals surface area contributed by atoms with Gasteiger partial charge in [-0.05, 0) is 34.1 Å². The van der Waals surface area contributed by atoms with Gasteiger partial charge in [-0.3, -0.25) is 0 Å². The summed E-state index contributed by atoms with van der Waals surface area (Å²) in [6, 6.07) is -1.11. The van der Waals surface area contributed by atoms with Crippen LogP contribution in [0.15, 0.2) is 0 Å². The fraction of sp³-hybridized carbons (Fsp3) is 0.882. The predicted molar refractivity (Wildman–Crippen MR) is 92.6 cm³/mol. The fourth-order valence-electron chi connectivity index (χ4n) is 1.81. The van der Waals surface area contributed by atoms with E-state index in [9.17, 15) is 14.7 Å². The van der Waals surface area contributed by atoms with Gasteiger partial charge in [0.25, 0.3) is 0 Å². The summed E-state index contributed by atoms with van der Waals surface area (Å²) in [7, 11) is 0. The molecule has 1 amide bonds. The van der Waals surface area contributed by atoms with Gasteiger partial charge in [0.15, 0.2) is 0 Å². The van der Waals surface area contributed by atoms with Crippen LogP contribution >= 0.6 is 0 Å². The number of amides is 1. The van der Waals surface area contributed by atoms with Crippen molar-refractivity contribution < 1.29 is 34.0 Å². The molecule has 0 radical (unpaired) electrons. The van der Waals surface area contributed by atoms with Crippen LogP contribution in [0.3, 0.4) is 0 Å². The first-order valence-corrected chi connectivity index (χ1v) is 8.66. The highest BCUT2D eigenvalue weighted by atomic mass is 16.6. The molecule has 0 aliphatic heterocycles. The quantitative estimate of drug-likeness (QED) is 0.454. The molecular formula is C17H33NO7. The van der Waals surface area contributed by atoms with Gasteiger partial charge in [-0.2, -0.15) is 0 Å². The van der Waals surface area contributed by atoms with E-state index in [0.29, 0.717) is 6.61 Å². The Bertz CT molecular complexity index is 393. The Kier molecular flexibility index (Phi) is 11.4. The lowest BCUT2D eigenvalue weighted by Crippen LogP contribution is -2.44. The molecule has 0 rings (SSSR count). The van der Waals surface area contributed by atoms with Crippen molar-refractivity contribution in [2.24, 2.45) is 0 Å². The summed E-state index contributed by atoms with van der Waals surface area (Å²) in [6.07, 6.45) is 0.0230. The minimum Gasteiger partial charge on any atom is -0.480 e. The summed E-state index contributed by atoms with van der Waals surface area (Å²) in [6.45, 7) is 9.53. The van der Waals surface area contributed by atoms with Gasteiger partial charge < -0.3 is 29.7 Å². The molecule has 0 fully saturated rings. The van der Waals surface area contributed by atoms with Crippen molar-refractivity contribution in [3.63, 3.8) is 0 Å². The topological polar surface area (TPSA) is 114 Å². The maximum Gasteiger partial charge on any atom is 0.408 e. The molecule has 0 saturated carbocycles. The van der Waals surface area contributed by atoms with Gasteiger partial charge >= 0.3 is 12.1 Å². The number of ether oxygens (including phenoxy) is 3. The van der Waals surface area contributed by atoms with Crippen molar-refractivity contribution in [2.75, 3.05) is 19.8 Å². The zero-order valence-electron chi connectivity index (χ0n) is 15.9. The highest BCUT2D eigenvalue weighted by Crippen LogP contribution is 2.08. The summed E-state index contributed by atoms with van der Waals surface area (Å²) in [5, 5.41) is 21.1. The summed E-state index contributed by atoms with van der Waals surface area (Å²) >= 11 is 0. The lowest BCUT2D eigenvalue weighted by Gasteiger charge is -2.23. The average molecular weight is 363 g/mol. The number of aliphatic hydroxyl groups excluding tert-OH is 1. The van der Waals surface area contributed by atoms with Crippen LogP contribution in [0.25, 0.3) is 0 Å². The third kappa shape index (κ3) is 12.6. The third-order valence-electron chi connectivity index (χ3n) is 3.19. The second-order valence-electron chi connectivity index (χ2n) is 6.90. The highest BCUT2D eigenvalue weighted by molar-refractivity contribution is 5.79. The number of hydrogen-bond donors (Lipinski definition) is 3. The average Bonchev–Trinajstić information content (AvgIpc) is 2.46. The number of aliphatic hydroxyl groups is 1. The molecule has 0 aromatic heterocycles. The van der Waals surface area contributed by atoms with Gasteiger partial charge in [-0.25, -0.2) is 9.59 Å². The Balaban J connectivity index is 4.25. The van der Waals surface area contributed by atoms with Crippen LogP contribution in [-0.4, -0.2) is 65.9 Å². The van der Waals surface area contributed by atoms with Crippen molar-refractivity contribution in [3.05, 3.63) is 0 Å². The Morgan fingerprint density at radius 1 is 1.20 bits per heavy atom. The molecule has 0 spiro atoms. The van der Waals surface area contributed by atoms with Crippen LogP contribution in [0.4, 0.5) is 4.79 Å². The van der Waals surface area contributed by atoms with Gasteiger partial charge in [-0.1, -0.05) is 13.3 Å². The molecule has 8 nitrogen and oxygen atoms in total. The van der Waals surface area contributed by atoms with Crippen molar-refractivity contribution >= 4 is 12.1 Å². The van der Waals surface area contributed by atoms with E-state index in [-0.39, 0.29) is 19.6 Å². The Morgan fingerprint density at radius 3 is 2.32 bits per heavy atom. The van der Waals surface area contributed by atoms with Crippen LogP contribution < -0.4 is 5.32 Å². The molecule has 3 atom stereocenters. The third-order valence-corrected chi connectivity index (χ3v) is 3.19. The molecule has 0 heterocycles. The normalized spacial score (nSPS) is 15.3. The van der Waals surface area contributed by atoms with Gasteiger partial charge in [0, 0.05) is 19.6 Å². The minimum absolute atomic E-state index is 0.0794. The highest BCUT2D eigenvalue weighted by Gasteiger charge is 2.24. The molecule has 148 valence electrons. The van der Waals surface area contributed by atoms with E-state index < -0.39 is 35.9 Å². The molecule has 0 unspecified atom stereocenters. The Morgan fingerprint density at radius 2 is 1.84 bits per heavy atom. The standard InChI is InChI=1S/C17H33NO7/c1-6-7-9-24-14(12(2)19)11-23-10-8-13(15(20)21)18-16(22)25-17(3,4)5/h12-14,19H,6-11H2,1-5H3,(H,18,22)(H,20,21)/t12-,13-,14+/m0/s1. The zero-order chi connectivity index (χ0) is 19.5. The predicted octanol–water partition coefficient (Wildman–Crippen LogP) is 1.94. The lowest BCUT2D eigenvalue weighted by atomic mass is 10.2. The largest absolute Gasteiger partial charge is 0.480 e. The number of carboxylic acid groups (broad SMARTS) is 1. The number of alkyl carbamates (subject to hydrolysis) is 1. The van der Waals surface area contributed by atoms with E-state index in [4.69, 9.17) is 19.3 Å². The zero-order valence-corrected chi connectivity index (χ0v) is 15.9. The van der Waals surface area contributed by atoms with Gasteiger partial charge in [0.1, 0.15) is 17.7 Å². The maximum atomic E-state index is 11.7. The second-order valence-corrected chi connectivity index (χ2v) is 6.90. The fourth-order valence-corrected chi connectivity index (χ4v) is 1.81. The first kappa shape index (κ1) is 23.6. The van der Waals surface area contributed by atoms with E-state index in [1.54, 1.807) is 27.7 Å². The smallest absolute Gasteiger partial charge is 0.408 e. The summed E-state index contributed by atoms with van der Waals surface area (Å²) in [5.74, 6) is -1.17. The molecular weight excluding hydrogens is 330 g/mol. The molecule has 0 aliphatic rings. The van der Waals surface area contributed by atoms with Crippen LogP contribution in [0, 0.1) is 0 Å². The number of hydrogen-bond acceptors (Lipinski definition) is 6. The number of aliphatic carboxylic acids is 1. The second kappa shape index (κ2) is 12.1. The van der Waals surface area contributed by atoms with Crippen molar-refractivity contribution in [2.45, 2.75) is 77.7 Å². The molecule has 8 heteroatoms. The minimum atomic E-state index is -1.17. The summed E-state index contributed by atoms with van der Waals surface area (Å²) in [4.78, 5) is 22.9. The van der Waals surface area contributed by atoms with Gasteiger partial charge in [0.2, 0.25) is 0 Å². The van der Waals surface area contributed by atoms with Crippen molar-refractivity contribution in [1.29, 1.82) is 0 Å². The summed E-state index contributed by atoms with van der Waals surface area (Å²) in [5.41, 5.74) is -0.704. The van der Waals surface area contributed by atoms with Crippen LogP contribution in [0.1, 0.15) is 53.9 Å². The number of carboxylic acids is 1. The van der Waals surface area contributed by atoms with E-state index in [1.807, 2.05) is 6.92 Å². The van der Waals surface area contributed by atoms with Crippen LogP contribution in [0.5, 0.6) is 0 Å². The lowest BCUT2D eigenvalue weighted by molar-refractivity contribution is -0.140. The van der Waals surface area contributed by atoms with Crippen molar-refractivity contribution in [1.82, 2.24) is 5.32 Å². The number of carbonyl (C=O) groups is 2. The Labute approximate surface area is 149 Å². The van der Waals surface area contributed by atoms with Gasteiger partial charge in [-0.15, -0.1) is 0 Å². The first-order chi connectivity index (χ1) is 11.6. The Hall–Kier alpha value is -1.38. The number of nitrogens with one attached hydrogen (secondary N) is 1. The summed E-state index contributed by atoms with van der Waals surface area (Å²) < 4.78 is 16.0. The molecule has 0 aliphatic carbocycles. The first-order valence-electron chi connectivity index (χ1n) is 8.66. The van der Waals surface area contributed by atoms with Gasteiger partial charge in [0.05, 0.1) is 12.7 Å². The SMILES string of the molecule is CCCCO[C@H](COCC[C@H](NC(=O)OC(C)(C)C)C(=O)O)[C@H](C)O. The molecule has 0 aromatic carbocycles. The van der Waals surface area contributed by atoms with Crippen LogP contribution in [-0.2, 0) is 19.0 Å². The van der Waals surface area contributed by atoms with E-state index >= 15 is 0 Å². The molecule has 25 heavy (non-hydrogen) atoms. The molecule has 3 N–H and O–H groups in total. The monoisotopic (exact) mass is 363 g/mol. The van der Waals surface area contributed by atoms with E-state index in [2.05, 4.69) is 5.32 Å². The molecule has 0 saturated heterocycles.